The number of fused-ring (bicyclic) bond motifs is 1. The van der Waals surface area contributed by atoms with Crippen LogP contribution >= 0.6 is 34.5 Å². The molecule has 9 nitrogen and oxygen atoms in total. The van der Waals surface area contributed by atoms with Gasteiger partial charge in [-0.05, 0) is 81.3 Å². The second-order valence-electron chi connectivity index (χ2n) is 10.3. The van der Waals surface area contributed by atoms with Gasteiger partial charge in [-0.2, -0.15) is 0 Å². The summed E-state index contributed by atoms with van der Waals surface area (Å²) in [5.74, 6) is 0.0403. The number of benzene rings is 3. The predicted molar refractivity (Wildman–Crippen MR) is 181 cm³/mol. The van der Waals surface area contributed by atoms with Crippen LogP contribution in [0.25, 0.3) is 6.08 Å². The fraction of sp³-hybridized carbons (Fsp3) is 0.257. The number of esters is 2. The van der Waals surface area contributed by atoms with Crippen LogP contribution in [0.2, 0.25) is 10.0 Å². The average molecular weight is 696 g/mol. The second kappa shape index (κ2) is 15.0. The van der Waals surface area contributed by atoms with Crippen molar-refractivity contribution in [2.24, 2.45) is 4.99 Å². The molecule has 244 valence electrons. The number of carbonyl (C=O) groups is 2. The molecule has 0 amide bonds. The highest BCUT2D eigenvalue weighted by atomic mass is 35.5. The number of carbonyl (C=O) groups excluding carboxylic acids is 2. The Labute approximate surface area is 285 Å². The molecule has 4 aromatic rings. The lowest BCUT2D eigenvalue weighted by molar-refractivity contribution is -0.139. The predicted octanol–water partition coefficient (Wildman–Crippen LogP) is 6.26. The van der Waals surface area contributed by atoms with E-state index in [4.69, 9.17) is 42.1 Å². The van der Waals surface area contributed by atoms with Crippen molar-refractivity contribution in [3.63, 3.8) is 0 Å². The maximum absolute atomic E-state index is 14.1. The van der Waals surface area contributed by atoms with Crippen molar-refractivity contribution in [1.82, 2.24) is 4.57 Å². The first kappa shape index (κ1) is 34.0. The number of allylic oxidation sites excluding steroid dienone is 1. The summed E-state index contributed by atoms with van der Waals surface area (Å²) in [6.45, 7) is 8.19. The van der Waals surface area contributed by atoms with Gasteiger partial charge in [0, 0.05) is 10.6 Å². The Hall–Kier alpha value is -4.38. The van der Waals surface area contributed by atoms with Crippen LogP contribution < -0.4 is 24.4 Å². The highest BCUT2D eigenvalue weighted by molar-refractivity contribution is 7.07. The van der Waals surface area contributed by atoms with Gasteiger partial charge >= 0.3 is 11.9 Å². The first-order valence-corrected chi connectivity index (χ1v) is 16.5. The summed E-state index contributed by atoms with van der Waals surface area (Å²) in [7, 11) is 0. The van der Waals surface area contributed by atoms with Gasteiger partial charge in [0.2, 0.25) is 0 Å². The van der Waals surface area contributed by atoms with Gasteiger partial charge in [-0.1, -0.05) is 58.8 Å². The minimum atomic E-state index is -0.778. The van der Waals surface area contributed by atoms with Gasteiger partial charge in [0.15, 0.2) is 4.80 Å². The van der Waals surface area contributed by atoms with Crippen LogP contribution in [-0.2, 0) is 20.9 Å². The third-order valence-corrected chi connectivity index (χ3v) is 8.68. The molecule has 0 N–H and O–H groups in total. The molecular weight excluding hydrogens is 663 g/mol. The van der Waals surface area contributed by atoms with Crippen LogP contribution in [0.15, 0.2) is 81.7 Å². The highest BCUT2D eigenvalue weighted by Crippen LogP contribution is 2.34. The number of hydrogen-bond donors (Lipinski definition) is 0. The van der Waals surface area contributed by atoms with Crippen molar-refractivity contribution in [3.05, 3.63) is 124 Å². The Morgan fingerprint density at radius 2 is 1.60 bits per heavy atom. The van der Waals surface area contributed by atoms with Gasteiger partial charge in [0.25, 0.3) is 5.56 Å². The van der Waals surface area contributed by atoms with Gasteiger partial charge in [-0.15, -0.1) is 0 Å². The van der Waals surface area contributed by atoms with Gasteiger partial charge in [-0.3, -0.25) is 9.36 Å². The van der Waals surface area contributed by atoms with Gasteiger partial charge in [0.05, 0.1) is 52.3 Å². The summed E-state index contributed by atoms with van der Waals surface area (Å²) in [5.41, 5.74) is 2.76. The fourth-order valence-electron chi connectivity index (χ4n) is 5.11. The molecule has 0 radical (unpaired) electrons. The standard InChI is InChI=1S/C35H32Cl2N2O7S/c1-5-43-26-14-12-22(13-15-26)30-29(34(42)45-7-3)20(4)38-35-39(30)32(40)28(47-35)17-24-16-25(36)18-27(37)31(24)46-19-21-8-10-23(11-9-21)33(41)44-6-2/h8-18,30H,5-7,19H2,1-4H3/b28-17-/t30-/m0/s1. The SMILES string of the molecule is CCOC(=O)C1=C(C)N=c2s/c(=C\c3cc(Cl)cc(Cl)c3OCc3ccc(C(=O)OCC)cc3)c(=O)n2[C@H]1c1ccc(OCC)cc1. The van der Waals surface area contributed by atoms with Crippen molar-refractivity contribution in [1.29, 1.82) is 0 Å². The fourth-order valence-corrected chi connectivity index (χ4v) is 6.71. The number of halogens is 2. The first-order valence-electron chi connectivity index (χ1n) is 14.9. The average Bonchev–Trinajstić information content (AvgIpc) is 3.34. The first-order chi connectivity index (χ1) is 22.6. The van der Waals surface area contributed by atoms with E-state index in [9.17, 15) is 14.4 Å². The Morgan fingerprint density at radius 1 is 0.915 bits per heavy atom. The van der Waals surface area contributed by atoms with Crippen molar-refractivity contribution in [3.8, 4) is 11.5 Å². The number of nitrogens with zero attached hydrogens (tertiary/aromatic N) is 2. The van der Waals surface area contributed by atoms with Crippen molar-refractivity contribution in [2.45, 2.75) is 40.3 Å². The molecule has 1 aliphatic rings. The second-order valence-corrected chi connectivity index (χ2v) is 12.2. The monoisotopic (exact) mass is 694 g/mol. The molecule has 0 fully saturated rings. The van der Waals surface area contributed by atoms with E-state index in [1.165, 1.54) is 15.9 Å². The largest absolute Gasteiger partial charge is 0.494 e. The van der Waals surface area contributed by atoms with E-state index >= 15 is 0 Å². The molecule has 0 unspecified atom stereocenters. The molecule has 47 heavy (non-hydrogen) atoms. The Morgan fingerprint density at radius 3 is 2.26 bits per heavy atom. The summed E-state index contributed by atoms with van der Waals surface area (Å²) in [5, 5.41) is 0.611. The molecule has 0 saturated carbocycles. The number of ether oxygens (including phenoxy) is 4. The lowest BCUT2D eigenvalue weighted by atomic mass is 9.96. The topological polar surface area (TPSA) is 105 Å². The maximum Gasteiger partial charge on any atom is 0.338 e. The molecule has 1 aliphatic heterocycles. The third-order valence-electron chi connectivity index (χ3n) is 7.20. The Balaban J connectivity index is 1.56. The number of aromatic nitrogens is 1. The minimum Gasteiger partial charge on any atom is -0.494 e. The summed E-state index contributed by atoms with van der Waals surface area (Å²) >= 11 is 14.2. The van der Waals surface area contributed by atoms with E-state index in [0.717, 1.165) is 5.56 Å². The molecule has 2 heterocycles. The molecule has 1 aromatic heterocycles. The number of thiazole rings is 1. The lowest BCUT2D eigenvalue weighted by Crippen LogP contribution is -2.39. The van der Waals surface area contributed by atoms with E-state index < -0.39 is 18.0 Å². The van der Waals surface area contributed by atoms with E-state index in [-0.39, 0.29) is 36.0 Å². The zero-order valence-corrected chi connectivity index (χ0v) is 28.5. The van der Waals surface area contributed by atoms with E-state index in [2.05, 4.69) is 4.99 Å². The quantitative estimate of drug-likeness (QED) is 0.171. The number of rotatable bonds is 11. The van der Waals surface area contributed by atoms with Crippen LogP contribution in [-0.4, -0.2) is 36.3 Å². The van der Waals surface area contributed by atoms with Crippen molar-refractivity contribution < 1.29 is 28.5 Å². The van der Waals surface area contributed by atoms with Crippen LogP contribution in [0.4, 0.5) is 0 Å². The van der Waals surface area contributed by atoms with Gasteiger partial charge < -0.3 is 18.9 Å². The van der Waals surface area contributed by atoms with Crippen LogP contribution in [0.1, 0.15) is 60.8 Å². The summed E-state index contributed by atoms with van der Waals surface area (Å²) in [6, 6.07) is 16.5. The summed E-state index contributed by atoms with van der Waals surface area (Å²) < 4.78 is 24.0. The zero-order valence-electron chi connectivity index (χ0n) is 26.2. The normalized spacial score (nSPS) is 14.3. The molecule has 5 rings (SSSR count). The van der Waals surface area contributed by atoms with Crippen LogP contribution in [0.3, 0.4) is 0 Å². The van der Waals surface area contributed by atoms with Crippen molar-refractivity contribution >= 4 is 52.6 Å². The molecular formula is C35H32Cl2N2O7S. The Kier molecular flexibility index (Phi) is 10.9. The van der Waals surface area contributed by atoms with Gasteiger partial charge in [0.1, 0.15) is 18.1 Å². The van der Waals surface area contributed by atoms with Crippen LogP contribution in [0, 0.1) is 0 Å². The Bertz CT molecular complexity index is 2020. The summed E-state index contributed by atoms with van der Waals surface area (Å²) in [6.07, 6.45) is 1.65. The molecule has 0 aliphatic carbocycles. The molecule has 0 bridgehead atoms. The molecule has 0 spiro atoms. The molecule has 0 saturated heterocycles. The summed E-state index contributed by atoms with van der Waals surface area (Å²) in [4.78, 5) is 44.4. The van der Waals surface area contributed by atoms with Gasteiger partial charge in [-0.25, -0.2) is 14.6 Å². The molecule has 12 heteroatoms. The smallest absolute Gasteiger partial charge is 0.338 e. The number of hydrogen-bond acceptors (Lipinski definition) is 9. The maximum atomic E-state index is 14.1. The van der Waals surface area contributed by atoms with E-state index in [1.54, 1.807) is 75.4 Å². The molecule has 3 aromatic carbocycles. The van der Waals surface area contributed by atoms with E-state index in [1.807, 2.05) is 19.1 Å². The van der Waals surface area contributed by atoms with Crippen LogP contribution in [0.5, 0.6) is 11.5 Å². The van der Waals surface area contributed by atoms with Crippen molar-refractivity contribution in [2.75, 3.05) is 19.8 Å². The zero-order chi connectivity index (χ0) is 33.7. The minimum absolute atomic E-state index is 0.131. The lowest BCUT2D eigenvalue weighted by Gasteiger charge is -2.24. The molecule has 1 atom stereocenters. The van der Waals surface area contributed by atoms with E-state index in [0.29, 0.717) is 54.8 Å². The third kappa shape index (κ3) is 7.45. The highest BCUT2D eigenvalue weighted by Gasteiger charge is 2.33.